The molecule has 0 bridgehead atoms. The lowest BCUT2D eigenvalue weighted by Gasteiger charge is -2.17. The van der Waals surface area contributed by atoms with Gasteiger partial charge in [0.05, 0.1) is 6.04 Å². The third-order valence-electron chi connectivity index (χ3n) is 3.11. The molecular formula is C16H20N2OS. The molecule has 0 fully saturated rings. The van der Waals surface area contributed by atoms with Gasteiger partial charge in [-0.05, 0) is 30.4 Å². The summed E-state index contributed by atoms with van der Waals surface area (Å²) in [6, 6.07) is 13.6. The monoisotopic (exact) mass is 288 g/mol. The number of amides is 1. The third-order valence-corrected chi connectivity index (χ3v) is 4.01. The zero-order valence-electron chi connectivity index (χ0n) is 11.6. The number of nitrogens with two attached hydrogens (primary N) is 1. The molecule has 1 unspecified atom stereocenters. The standard InChI is InChI=1S/C16H20N2OS/c1-12(10-14-8-5-9-20-14)18-16(19)15(17)11-13-6-3-2-4-7-13/h2-9,12,15H,10-11,17H2,1H3,(H,18,19)/t12?,15-/m1/s1. The number of thiophene rings is 1. The van der Waals surface area contributed by atoms with Gasteiger partial charge in [0.15, 0.2) is 0 Å². The van der Waals surface area contributed by atoms with Gasteiger partial charge in [0, 0.05) is 17.3 Å². The maximum Gasteiger partial charge on any atom is 0.237 e. The maximum absolute atomic E-state index is 12.1. The molecule has 3 nitrogen and oxygen atoms in total. The van der Waals surface area contributed by atoms with Crippen LogP contribution in [-0.2, 0) is 17.6 Å². The van der Waals surface area contributed by atoms with Crippen LogP contribution in [0.5, 0.6) is 0 Å². The van der Waals surface area contributed by atoms with Crippen LogP contribution in [0.4, 0.5) is 0 Å². The average Bonchev–Trinajstić information content (AvgIpc) is 2.92. The van der Waals surface area contributed by atoms with Crippen molar-refractivity contribution in [2.24, 2.45) is 5.73 Å². The first-order chi connectivity index (χ1) is 9.65. The summed E-state index contributed by atoms with van der Waals surface area (Å²) < 4.78 is 0. The molecule has 1 aromatic heterocycles. The first kappa shape index (κ1) is 14.8. The molecule has 0 spiro atoms. The van der Waals surface area contributed by atoms with E-state index >= 15 is 0 Å². The molecule has 3 N–H and O–H groups in total. The van der Waals surface area contributed by atoms with Gasteiger partial charge in [0.1, 0.15) is 0 Å². The van der Waals surface area contributed by atoms with Gasteiger partial charge in [-0.3, -0.25) is 4.79 Å². The predicted octanol–water partition coefficient (Wildman–Crippen LogP) is 2.37. The van der Waals surface area contributed by atoms with Crippen molar-refractivity contribution in [2.45, 2.75) is 31.8 Å². The summed E-state index contributed by atoms with van der Waals surface area (Å²) in [5.74, 6) is -0.0853. The van der Waals surface area contributed by atoms with Crippen LogP contribution in [0.1, 0.15) is 17.4 Å². The van der Waals surface area contributed by atoms with Gasteiger partial charge in [0.25, 0.3) is 0 Å². The fourth-order valence-corrected chi connectivity index (χ4v) is 2.93. The predicted molar refractivity (Wildman–Crippen MR) is 83.7 cm³/mol. The summed E-state index contributed by atoms with van der Waals surface area (Å²) >= 11 is 1.71. The Hall–Kier alpha value is -1.65. The zero-order valence-corrected chi connectivity index (χ0v) is 12.4. The van der Waals surface area contributed by atoms with Crippen LogP contribution >= 0.6 is 11.3 Å². The largest absolute Gasteiger partial charge is 0.352 e. The number of nitrogens with one attached hydrogen (secondary N) is 1. The normalized spacial score (nSPS) is 13.7. The van der Waals surface area contributed by atoms with Crippen molar-refractivity contribution in [3.05, 3.63) is 58.3 Å². The second kappa shape index (κ2) is 7.22. The highest BCUT2D eigenvalue weighted by molar-refractivity contribution is 7.09. The van der Waals surface area contributed by atoms with Crippen LogP contribution in [-0.4, -0.2) is 18.0 Å². The highest BCUT2D eigenvalue weighted by Gasteiger charge is 2.16. The van der Waals surface area contributed by atoms with Gasteiger partial charge in [-0.25, -0.2) is 0 Å². The quantitative estimate of drug-likeness (QED) is 0.857. The first-order valence-corrected chi connectivity index (χ1v) is 7.65. The maximum atomic E-state index is 12.1. The molecular weight excluding hydrogens is 268 g/mol. The Morgan fingerprint density at radius 3 is 2.60 bits per heavy atom. The molecule has 0 aliphatic rings. The highest BCUT2D eigenvalue weighted by Crippen LogP contribution is 2.11. The molecule has 0 radical (unpaired) electrons. The minimum absolute atomic E-state index is 0.0853. The topological polar surface area (TPSA) is 55.1 Å². The average molecular weight is 288 g/mol. The minimum atomic E-state index is -0.497. The van der Waals surface area contributed by atoms with E-state index in [1.807, 2.05) is 48.7 Å². The minimum Gasteiger partial charge on any atom is -0.352 e. The summed E-state index contributed by atoms with van der Waals surface area (Å²) in [4.78, 5) is 13.3. The number of rotatable bonds is 6. The van der Waals surface area contributed by atoms with Crippen molar-refractivity contribution in [3.8, 4) is 0 Å². The smallest absolute Gasteiger partial charge is 0.237 e. The Balaban J connectivity index is 1.81. The SMILES string of the molecule is CC(Cc1cccs1)NC(=O)[C@H](N)Cc1ccccc1. The van der Waals surface area contributed by atoms with Crippen LogP contribution in [0.3, 0.4) is 0 Å². The van der Waals surface area contributed by atoms with Gasteiger partial charge < -0.3 is 11.1 Å². The van der Waals surface area contributed by atoms with Crippen molar-refractivity contribution in [3.63, 3.8) is 0 Å². The summed E-state index contributed by atoms with van der Waals surface area (Å²) in [5.41, 5.74) is 7.05. The molecule has 1 heterocycles. The molecule has 2 atom stereocenters. The second-order valence-electron chi connectivity index (χ2n) is 4.99. The van der Waals surface area contributed by atoms with Gasteiger partial charge >= 0.3 is 0 Å². The fourth-order valence-electron chi connectivity index (χ4n) is 2.09. The Bertz CT molecular complexity index is 525. The van der Waals surface area contributed by atoms with Crippen LogP contribution in [0, 0.1) is 0 Å². The summed E-state index contributed by atoms with van der Waals surface area (Å²) in [7, 11) is 0. The molecule has 106 valence electrons. The van der Waals surface area contributed by atoms with E-state index in [0.29, 0.717) is 6.42 Å². The molecule has 4 heteroatoms. The lowest BCUT2D eigenvalue weighted by Crippen LogP contribution is -2.46. The van der Waals surface area contributed by atoms with E-state index in [1.165, 1.54) is 4.88 Å². The van der Waals surface area contributed by atoms with Gasteiger partial charge in [-0.15, -0.1) is 11.3 Å². The third kappa shape index (κ3) is 4.47. The van der Waals surface area contributed by atoms with Gasteiger partial charge in [-0.1, -0.05) is 36.4 Å². The van der Waals surface area contributed by atoms with Crippen molar-refractivity contribution in [1.29, 1.82) is 0 Å². The van der Waals surface area contributed by atoms with Gasteiger partial charge in [0.2, 0.25) is 5.91 Å². The Morgan fingerprint density at radius 2 is 1.95 bits per heavy atom. The second-order valence-corrected chi connectivity index (χ2v) is 6.02. The van der Waals surface area contributed by atoms with E-state index < -0.39 is 6.04 Å². The summed E-state index contributed by atoms with van der Waals surface area (Å²) in [5, 5.41) is 5.03. The van der Waals surface area contributed by atoms with Crippen LogP contribution in [0.2, 0.25) is 0 Å². The number of hydrogen-bond acceptors (Lipinski definition) is 3. The van der Waals surface area contributed by atoms with Crippen LogP contribution < -0.4 is 11.1 Å². The van der Waals surface area contributed by atoms with E-state index in [-0.39, 0.29) is 11.9 Å². The molecule has 1 amide bonds. The van der Waals surface area contributed by atoms with E-state index in [1.54, 1.807) is 11.3 Å². The number of hydrogen-bond donors (Lipinski definition) is 2. The Morgan fingerprint density at radius 1 is 1.20 bits per heavy atom. The van der Waals surface area contributed by atoms with E-state index in [4.69, 9.17) is 5.73 Å². The van der Waals surface area contributed by atoms with Gasteiger partial charge in [-0.2, -0.15) is 0 Å². The molecule has 0 saturated heterocycles. The molecule has 20 heavy (non-hydrogen) atoms. The van der Waals surface area contributed by atoms with Crippen LogP contribution in [0.15, 0.2) is 47.8 Å². The zero-order chi connectivity index (χ0) is 14.4. The number of carbonyl (C=O) groups excluding carboxylic acids is 1. The Kier molecular flexibility index (Phi) is 5.32. The molecule has 2 rings (SSSR count). The summed E-state index contributed by atoms with van der Waals surface area (Å²) in [6.07, 6.45) is 1.42. The van der Waals surface area contributed by atoms with E-state index in [9.17, 15) is 4.79 Å². The number of benzene rings is 1. The van der Waals surface area contributed by atoms with Crippen molar-refractivity contribution in [2.75, 3.05) is 0 Å². The number of carbonyl (C=O) groups is 1. The lowest BCUT2D eigenvalue weighted by molar-refractivity contribution is -0.122. The van der Waals surface area contributed by atoms with E-state index in [0.717, 1.165) is 12.0 Å². The first-order valence-electron chi connectivity index (χ1n) is 6.77. The lowest BCUT2D eigenvalue weighted by atomic mass is 10.1. The molecule has 1 aromatic carbocycles. The molecule has 0 aliphatic carbocycles. The Labute approximate surface area is 123 Å². The fraction of sp³-hybridized carbons (Fsp3) is 0.312. The molecule has 0 aliphatic heterocycles. The van der Waals surface area contributed by atoms with Crippen molar-refractivity contribution < 1.29 is 4.79 Å². The summed E-state index contributed by atoms with van der Waals surface area (Å²) in [6.45, 7) is 2.01. The van der Waals surface area contributed by atoms with Crippen LogP contribution in [0.25, 0.3) is 0 Å². The van der Waals surface area contributed by atoms with Crippen molar-refractivity contribution >= 4 is 17.2 Å². The molecule has 2 aromatic rings. The van der Waals surface area contributed by atoms with E-state index in [2.05, 4.69) is 11.4 Å². The highest BCUT2D eigenvalue weighted by atomic mass is 32.1. The molecule has 0 saturated carbocycles. The van der Waals surface area contributed by atoms with Crippen molar-refractivity contribution in [1.82, 2.24) is 5.32 Å².